The van der Waals surface area contributed by atoms with Crippen LogP contribution in [-0.2, 0) is 13.0 Å². The molecule has 0 bridgehead atoms. The zero-order chi connectivity index (χ0) is 18.8. The first-order valence-electron chi connectivity index (χ1n) is 8.69. The lowest BCUT2D eigenvalue weighted by molar-refractivity contribution is 0.0949. The van der Waals surface area contributed by atoms with Crippen LogP contribution in [0.1, 0.15) is 28.7 Å². The number of nitrogens with zero attached hydrogens (tertiary/aromatic N) is 4. The van der Waals surface area contributed by atoms with Crippen LogP contribution in [0.25, 0.3) is 11.3 Å². The summed E-state index contributed by atoms with van der Waals surface area (Å²) in [5.41, 5.74) is 3.94. The quantitative estimate of drug-likeness (QED) is 0.575. The summed E-state index contributed by atoms with van der Waals surface area (Å²) in [5, 5.41) is 7.96. The molecule has 136 valence electrons. The van der Waals surface area contributed by atoms with Crippen molar-refractivity contribution in [1.82, 2.24) is 24.5 Å². The Morgan fingerprint density at radius 2 is 1.96 bits per heavy atom. The maximum Gasteiger partial charge on any atom is 0.255 e. The van der Waals surface area contributed by atoms with Gasteiger partial charge in [0, 0.05) is 12.4 Å². The molecule has 3 heterocycles. The van der Waals surface area contributed by atoms with Gasteiger partial charge in [0.1, 0.15) is 5.65 Å². The lowest BCUT2D eigenvalue weighted by Gasteiger charge is -2.08. The van der Waals surface area contributed by atoms with Crippen LogP contribution in [0.5, 0.6) is 0 Å². The predicted octanol–water partition coefficient (Wildman–Crippen LogP) is 3.67. The van der Waals surface area contributed by atoms with Gasteiger partial charge in [-0.1, -0.05) is 36.7 Å². The third-order valence-electron chi connectivity index (χ3n) is 4.34. The average molecular weight is 380 g/mol. The number of benzene rings is 1. The van der Waals surface area contributed by atoms with E-state index in [1.54, 1.807) is 18.5 Å². The number of imidazole rings is 1. The standard InChI is InChI=1S/C20H18ClN5O/c1-2-18-17(11-23-26(18)16-6-4-3-5-7-16)20(27)22-10-15-13-25-12-14(21)8-9-19(25)24-15/h3-9,11-13H,2,10H2,1H3,(H,22,27). The normalized spacial score (nSPS) is 11.0. The highest BCUT2D eigenvalue weighted by atomic mass is 35.5. The largest absolute Gasteiger partial charge is 0.346 e. The van der Waals surface area contributed by atoms with E-state index in [0.717, 1.165) is 22.7 Å². The second kappa shape index (κ2) is 7.25. The lowest BCUT2D eigenvalue weighted by Crippen LogP contribution is -2.24. The Labute approximate surface area is 161 Å². The zero-order valence-electron chi connectivity index (χ0n) is 14.8. The number of carbonyl (C=O) groups is 1. The molecule has 27 heavy (non-hydrogen) atoms. The van der Waals surface area contributed by atoms with E-state index in [4.69, 9.17) is 11.6 Å². The summed E-state index contributed by atoms with van der Waals surface area (Å²) < 4.78 is 3.65. The fourth-order valence-electron chi connectivity index (χ4n) is 3.06. The van der Waals surface area contributed by atoms with Crippen molar-refractivity contribution >= 4 is 23.2 Å². The lowest BCUT2D eigenvalue weighted by atomic mass is 10.2. The molecule has 6 nitrogen and oxygen atoms in total. The number of amides is 1. The van der Waals surface area contributed by atoms with Gasteiger partial charge in [-0.15, -0.1) is 0 Å². The maximum absolute atomic E-state index is 12.7. The fraction of sp³-hybridized carbons (Fsp3) is 0.150. The van der Waals surface area contributed by atoms with Crippen LogP contribution < -0.4 is 5.32 Å². The Hall–Kier alpha value is -3.12. The molecular formula is C20H18ClN5O. The van der Waals surface area contributed by atoms with E-state index in [1.807, 2.05) is 58.6 Å². The molecule has 1 N–H and O–H groups in total. The molecule has 7 heteroatoms. The van der Waals surface area contributed by atoms with Gasteiger partial charge in [0.2, 0.25) is 0 Å². The second-order valence-electron chi connectivity index (χ2n) is 6.13. The Morgan fingerprint density at radius 1 is 1.15 bits per heavy atom. The highest BCUT2D eigenvalue weighted by molar-refractivity contribution is 6.30. The molecule has 0 aliphatic heterocycles. The highest BCUT2D eigenvalue weighted by Gasteiger charge is 2.17. The summed E-state index contributed by atoms with van der Waals surface area (Å²) in [6.45, 7) is 2.34. The minimum Gasteiger partial charge on any atom is -0.346 e. The molecule has 0 saturated heterocycles. The fourth-order valence-corrected chi connectivity index (χ4v) is 3.23. The molecule has 1 aromatic carbocycles. The van der Waals surface area contributed by atoms with Crippen LogP contribution in [0, 0.1) is 0 Å². The van der Waals surface area contributed by atoms with Crippen molar-refractivity contribution < 1.29 is 4.79 Å². The first-order chi connectivity index (χ1) is 13.2. The van der Waals surface area contributed by atoms with Gasteiger partial charge in [-0.05, 0) is 30.7 Å². The summed E-state index contributed by atoms with van der Waals surface area (Å²) in [7, 11) is 0. The number of hydrogen-bond donors (Lipinski definition) is 1. The number of rotatable bonds is 5. The Bertz CT molecular complexity index is 1100. The minimum atomic E-state index is -0.163. The van der Waals surface area contributed by atoms with Gasteiger partial charge >= 0.3 is 0 Å². The van der Waals surface area contributed by atoms with E-state index >= 15 is 0 Å². The van der Waals surface area contributed by atoms with Crippen LogP contribution in [0.15, 0.2) is 61.1 Å². The van der Waals surface area contributed by atoms with Crippen molar-refractivity contribution in [3.63, 3.8) is 0 Å². The van der Waals surface area contributed by atoms with Gasteiger partial charge < -0.3 is 9.72 Å². The number of carbonyl (C=O) groups excluding carboxylic acids is 1. The van der Waals surface area contributed by atoms with E-state index in [-0.39, 0.29) is 5.91 Å². The molecule has 3 aromatic heterocycles. The van der Waals surface area contributed by atoms with Crippen molar-refractivity contribution in [3.05, 3.63) is 83.0 Å². The molecule has 0 saturated carbocycles. The molecule has 4 rings (SSSR count). The van der Waals surface area contributed by atoms with Gasteiger partial charge in [0.25, 0.3) is 5.91 Å². The SMILES string of the molecule is CCc1c(C(=O)NCc2cn3cc(Cl)ccc3n2)cnn1-c1ccccc1. The zero-order valence-corrected chi connectivity index (χ0v) is 15.5. The third-order valence-corrected chi connectivity index (χ3v) is 4.57. The average Bonchev–Trinajstić information content (AvgIpc) is 3.30. The maximum atomic E-state index is 12.7. The molecule has 0 aliphatic rings. The molecule has 0 unspecified atom stereocenters. The van der Waals surface area contributed by atoms with E-state index in [9.17, 15) is 4.79 Å². The van der Waals surface area contributed by atoms with Crippen molar-refractivity contribution in [2.75, 3.05) is 0 Å². The minimum absolute atomic E-state index is 0.163. The Balaban J connectivity index is 1.53. The smallest absolute Gasteiger partial charge is 0.255 e. The van der Waals surface area contributed by atoms with Gasteiger partial charge in [-0.3, -0.25) is 4.79 Å². The molecular weight excluding hydrogens is 362 g/mol. The number of halogens is 1. The van der Waals surface area contributed by atoms with Crippen LogP contribution in [0.3, 0.4) is 0 Å². The van der Waals surface area contributed by atoms with Crippen LogP contribution in [0.4, 0.5) is 0 Å². The predicted molar refractivity (Wildman–Crippen MR) is 104 cm³/mol. The van der Waals surface area contributed by atoms with Gasteiger partial charge in [0.15, 0.2) is 0 Å². The number of aromatic nitrogens is 4. The number of para-hydroxylation sites is 1. The molecule has 0 aliphatic carbocycles. The molecule has 4 aromatic rings. The van der Waals surface area contributed by atoms with Crippen molar-refractivity contribution in [2.45, 2.75) is 19.9 Å². The third kappa shape index (κ3) is 3.44. The molecule has 0 atom stereocenters. The summed E-state index contributed by atoms with van der Waals surface area (Å²) in [6, 6.07) is 13.4. The summed E-state index contributed by atoms with van der Waals surface area (Å²) >= 11 is 5.99. The number of hydrogen-bond acceptors (Lipinski definition) is 3. The van der Waals surface area contributed by atoms with Crippen molar-refractivity contribution in [1.29, 1.82) is 0 Å². The van der Waals surface area contributed by atoms with E-state index in [1.165, 1.54) is 0 Å². The Morgan fingerprint density at radius 3 is 2.74 bits per heavy atom. The molecule has 0 spiro atoms. The van der Waals surface area contributed by atoms with Gasteiger partial charge in [0.05, 0.1) is 40.4 Å². The highest BCUT2D eigenvalue weighted by Crippen LogP contribution is 2.16. The van der Waals surface area contributed by atoms with Crippen LogP contribution in [0.2, 0.25) is 5.02 Å². The number of pyridine rings is 1. The van der Waals surface area contributed by atoms with Gasteiger partial charge in [-0.2, -0.15) is 5.10 Å². The molecule has 0 fully saturated rings. The summed E-state index contributed by atoms with van der Waals surface area (Å²) in [5.74, 6) is -0.163. The Kier molecular flexibility index (Phi) is 4.64. The van der Waals surface area contributed by atoms with Crippen molar-refractivity contribution in [2.24, 2.45) is 0 Å². The summed E-state index contributed by atoms with van der Waals surface area (Å²) in [4.78, 5) is 17.2. The van der Waals surface area contributed by atoms with E-state index < -0.39 is 0 Å². The first kappa shape index (κ1) is 17.3. The van der Waals surface area contributed by atoms with Gasteiger partial charge in [-0.25, -0.2) is 9.67 Å². The first-order valence-corrected chi connectivity index (χ1v) is 9.07. The van der Waals surface area contributed by atoms with E-state index in [2.05, 4.69) is 15.4 Å². The monoisotopic (exact) mass is 379 g/mol. The van der Waals surface area contributed by atoms with Crippen molar-refractivity contribution in [3.8, 4) is 5.69 Å². The number of nitrogens with one attached hydrogen (secondary N) is 1. The number of fused-ring (bicyclic) bond motifs is 1. The molecule has 0 radical (unpaired) electrons. The van der Waals surface area contributed by atoms with Crippen LogP contribution >= 0.6 is 11.6 Å². The van der Waals surface area contributed by atoms with Crippen LogP contribution in [-0.4, -0.2) is 25.1 Å². The second-order valence-corrected chi connectivity index (χ2v) is 6.57. The topological polar surface area (TPSA) is 64.2 Å². The van der Waals surface area contributed by atoms with E-state index in [0.29, 0.717) is 23.6 Å². The molecule has 1 amide bonds. The summed E-state index contributed by atoms with van der Waals surface area (Å²) in [6.07, 6.45) is 5.96.